The number of hydrogen-bond acceptors (Lipinski definition) is 6. The topological polar surface area (TPSA) is 73.7 Å². The first-order chi connectivity index (χ1) is 24.1. The number of aliphatic hydroxyl groups excluding tert-OH is 1. The Morgan fingerprint density at radius 1 is 0.549 bits per heavy atom. The van der Waals surface area contributed by atoms with Crippen molar-refractivity contribution < 1.29 is 40.4 Å². The van der Waals surface area contributed by atoms with Gasteiger partial charge in [-0.2, -0.15) is 0 Å². The Morgan fingerprint density at radius 3 is 1.37 bits per heavy atom. The van der Waals surface area contributed by atoms with Crippen molar-refractivity contribution in [1.82, 2.24) is 9.97 Å². The van der Waals surface area contributed by atoms with Crippen LogP contribution < -0.4 is 14.2 Å². The molecule has 0 spiro atoms. The van der Waals surface area contributed by atoms with E-state index in [0.717, 1.165) is 56.5 Å². The Labute approximate surface area is 316 Å². The number of aromatic nitrogens is 2. The molecule has 0 fully saturated rings. The molecule has 0 atom stereocenters. The third kappa shape index (κ3) is 8.94. The van der Waals surface area contributed by atoms with Crippen LogP contribution in [0.5, 0.6) is 17.2 Å². The molecule has 0 aliphatic carbocycles. The number of rotatable bonds is 8. The third-order valence-electron chi connectivity index (χ3n) is 8.68. The fourth-order valence-electron chi connectivity index (χ4n) is 6.60. The van der Waals surface area contributed by atoms with Gasteiger partial charge in [0.1, 0.15) is 5.75 Å². The second-order valence-corrected chi connectivity index (χ2v) is 12.5. The summed E-state index contributed by atoms with van der Waals surface area (Å²) in [4.78, 5) is 9.02. The molecule has 6 aromatic rings. The van der Waals surface area contributed by atoms with Crippen molar-refractivity contribution in [3.8, 4) is 62.0 Å². The molecule has 0 saturated heterocycles. The van der Waals surface area contributed by atoms with Crippen molar-refractivity contribution in [2.45, 2.75) is 48.1 Å². The van der Waals surface area contributed by atoms with Crippen LogP contribution in [0.1, 0.15) is 38.9 Å². The Hall–Kier alpha value is -4.77. The summed E-state index contributed by atoms with van der Waals surface area (Å²) < 4.78 is 16.2. The minimum absolute atomic E-state index is 0. The summed E-state index contributed by atoms with van der Waals surface area (Å²) in [6, 6.07) is 30.7. The average Bonchev–Trinajstić information content (AvgIpc) is 3.11. The zero-order valence-electron chi connectivity index (χ0n) is 30.7. The van der Waals surface area contributed by atoms with Crippen molar-refractivity contribution in [3.63, 3.8) is 0 Å². The van der Waals surface area contributed by atoms with Crippen LogP contribution in [-0.2, 0) is 27.7 Å². The molecule has 2 aromatic heterocycles. The number of aryl methyl sites for hydroxylation is 6. The van der Waals surface area contributed by atoms with Crippen LogP contribution in [0.25, 0.3) is 44.8 Å². The van der Waals surface area contributed by atoms with Crippen LogP contribution in [-0.4, -0.2) is 36.4 Å². The molecule has 0 radical (unpaired) electrons. The number of methoxy groups -OCH3 is 3. The van der Waals surface area contributed by atoms with E-state index in [4.69, 9.17) is 14.2 Å². The van der Waals surface area contributed by atoms with Gasteiger partial charge in [0, 0.05) is 23.9 Å². The Morgan fingerprint density at radius 2 is 0.961 bits per heavy atom. The van der Waals surface area contributed by atoms with Gasteiger partial charge < -0.3 is 29.3 Å². The number of ether oxygens (including phenoxy) is 3. The van der Waals surface area contributed by atoms with E-state index in [9.17, 15) is 5.11 Å². The number of hydrogen-bond donors (Lipinski definition) is 1. The fraction of sp³-hybridized carbons (Fsp3) is 0.227. The number of pyridine rings is 2. The molecule has 1 N–H and O–H groups in total. The van der Waals surface area contributed by atoms with Crippen LogP contribution in [0.4, 0.5) is 0 Å². The molecule has 0 saturated carbocycles. The number of aliphatic hydroxyl groups is 1. The van der Waals surface area contributed by atoms with E-state index in [1.54, 1.807) is 33.7 Å². The molecule has 0 unspecified atom stereocenters. The van der Waals surface area contributed by atoms with Gasteiger partial charge in [0.15, 0.2) is 0 Å². The van der Waals surface area contributed by atoms with Crippen molar-refractivity contribution in [3.05, 3.63) is 136 Å². The first-order valence-corrected chi connectivity index (χ1v) is 16.5. The molecule has 2 heterocycles. The van der Waals surface area contributed by atoms with Crippen LogP contribution in [0.15, 0.2) is 85.2 Å². The molecule has 7 heteroatoms. The van der Waals surface area contributed by atoms with E-state index in [1.807, 2.05) is 42.5 Å². The average molecular weight is 860 g/mol. The monoisotopic (exact) mass is 859 g/mol. The van der Waals surface area contributed by atoms with Crippen LogP contribution in [0.3, 0.4) is 0 Å². The normalized spacial score (nSPS) is 10.5. The number of nitrogens with zero attached hydrogens (tertiary/aromatic N) is 2. The van der Waals surface area contributed by atoms with Gasteiger partial charge in [0.2, 0.25) is 0 Å². The largest absolute Gasteiger partial charge is 2.00 e. The summed E-state index contributed by atoms with van der Waals surface area (Å²) >= 11 is 0. The summed E-state index contributed by atoms with van der Waals surface area (Å²) in [6.45, 7) is 12.7. The molecule has 0 aliphatic heterocycles. The Bertz CT molecular complexity index is 1940. The molecule has 51 heavy (non-hydrogen) atoms. The van der Waals surface area contributed by atoms with Gasteiger partial charge in [-0.1, -0.05) is 98.1 Å². The van der Waals surface area contributed by atoms with Crippen molar-refractivity contribution in [1.29, 1.82) is 0 Å². The molecule has 0 aliphatic rings. The van der Waals surface area contributed by atoms with E-state index in [1.165, 1.54) is 44.5 Å². The first-order valence-electron chi connectivity index (χ1n) is 16.5. The quantitative estimate of drug-likeness (QED) is 0.154. The molecule has 264 valence electrons. The Balaban J connectivity index is 0.000000224. The molecular weight excluding hydrogens is 816 g/mol. The maximum absolute atomic E-state index is 9.44. The minimum Gasteiger partial charge on any atom is -0.540 e. The predicted octanol–water partition coefficient (Wildman–Crippen LogP) is 9.80. The maximum Gasteiger partial charge on any atom is 2.00 e. The van der Waals surface area contributed by atoms with Crippen LogP contribution >= 0.6 is 0 Å². The molecule has 4 aromatic carbocycles. The van der Waals surface area contributed by atoms with Gasteiger partial charge in [-0.25, -0.2) is 0 Å². The van der Waals surface area contributed by atoms with E-state index in [0.29, 0.717) is 0 Å². The Kier molecular flexibility index (Phi) is 13.3. The van der Waals surface area contributed by atoms with Crippen LogP contribution in [0.2, 0.25) is 0 Å². The second-order valence-electron chi connectivity index (χ2n) is 12.5. The molecule has 6 rings (SSSR count). The van der Waals surface area contributed by atoms with Crippen molar-refractivity contribution in [2.75, 3.05) is 21.3 Å². The van der Waals surface area contributed by atoms with Gasteiger partial charge in [0.05, 0.1) is 27.9 Å². The summed E-state index contributed by atoms with van der Waals surface area (Å²) in [5.74, 6) is 2.31. The van der Waals surface area contributed by atoms with E-state index in [-0.39, 0.29) is 27.7 Å². The summed E-state index contributed by atoms with van der Waals surface area (Å²) in [5.41, 5.74) is 16.1. The zero-order valence-corrected chi connectivity index (χ0v) is 32.9. The summed E-state index contributed by atoms with van der Waals surface area (Å²) in [5, 5.41) is 9.44. The standard InChI is InChI=1S/2C22H22NO2.Pt/c1-14-10-15(2)22(16(3)11-14)20-12-17(24-4)6-7-19(20)21-13-18(25-5)8-9-23-21;1-14-9-15(2)22(16(3)10-14)20-12-18(25-4)5-6-19(20)21-11-17(13-24)7-8-23-21;/h6,8-13H,1-5H3;5,7-12,24H,13H2,1-4H3;/q2*-1;+2. The summed E-state index contributed by atoms with van der Waals surface area (Å²) in [7, 11) is 4.99. The van der Waals surface area contributed by atoms with E-state index < -0.39 is 0 Å². The SMILES string of the molecule is COc1c[c-]c(-c2cc(CO)ccn2)c(-c2c(C)cc(C)cc2C)c1.COc1ccnc(-c2[c-]cc(OC)cc2-c2c(C)cc(C)cc2C)c1.[Pt+2]. The third-order valence-corrected chi connectivity index (χ3v) is 8.68. The molecule has 0 amide bonds. The van der Waals surface area contributed by atoms with E-state index in [2.05, 4.69) is 94.0 Å². The van der Waals surface area contributed by atoms with Gasteiger partial charge in [-0.15, -0.1) is 35.4 Å². The molecule has 6 nitrogen and oxygen atoms in total. The summed E-state index contributed by atoms with van der Waals surface area (Å²) in [6.07, 6.45) is 3.47. The first kappa shape index (κ1) is 39.0. The van der Waals surface area contributed by atoms with Crippen molar-refractivity contribution >= 4 is 0 Å². The second kappa shape index (κ2) is 17.4. The number of benzene rings is 4. The predicted molar refractivity (Wildman–Crippen MR) is 202 cm³/mol. The fourth-order valence-corrected chi connectivity index (χ4v) is 6.60. The maximum atomic E-state index is 9.44. The van der Waals surface area contributed by atoms with Crippen molar-refractivity contribution in [2.24, 2.45) is 0 Å². The van der Waals surface area contributed by atoms with Gasteiger partial charge in [-0.3, -0.25) is 0 Å². The smallest absolute Gasteiger partial charge is 0.540 e. The minimum atomic E-state index is -0.0103. The molecule has 0 bridgehead atoms. The van der Waals surface area contributed by atoms with Gasteiger partial charge in [-0.05, 0) is 76.7 Å². The zero-order chi connectivity index (χ0) is 35.9. The van der Waals surface area contributed by atoms with Gasteiger partial charge >= 0.3 is 21.1 Å². The van der Waals surface area contributed by atoms with Gasteiger partial charge in [0.25, 0.3) is 0 Å². The van der Waals surface area contributed by atoms with E-state index >= 15 is 0 Å². The molecular formula is C44H44N2O4Pt. The van der Waals surface area contributed by atoms with Crippen LogP contribution in [0, 0.1) is 53.7 Å².